The van der Waals surface area contributed by atoms with Crippen molar-refractivity contribution in [2.45, 2.75) is 160 Å². The summed E-state index contributed by atoms with van der Waals surface area (Å²) < 4.78 is 12.0. The van der Waals surface area contributed by atoms with E-state index in [9.17, 15) is 25.6 Å². The highest BCUT2D eigenvalue weighted by molar-refractivity contribution is 7.99. The van der Waals surface area contributed by atoms with E-state index in [0.29, 0.717) is 42.2 Å². The third-order valence-corrected chi connectivity index (χ3v) is 15.2. The fourth-order valence-corrected chi connectivity index (χ4v) is 11.9. The lowest BCUT2D eigenvalue weighted by Gasteiger charge is -2.57. The molecule has 0 amide bonds. The van der Waals surface area contributed by atoms with E-state index in [-0.39, 0.29) is 0 Å². The SMILES string of the molecule is CC(C)CCCC(C)C1C[C@H]2[C@@H]3CC=C4CC(OCCCCN(O)CCCSC5OC(CO)C(O)C(O)C5O)CC[C@]4(C)[C@H]3CC[C@]2(C)C1. The molecule has 4 fully saturated rings. The van der Waals surface area contributed by atoms with Crippen molar-refractivity contribution in [1.29, 1.82) is 0 Å². The lowest BCUT2D eigenvalue weighted by Crippen LogP contribution is -2.57. The van der Waals surface area contributed by atoms with Gasteiger partial charge in [0.25, 0.3) is 0 Å². The van der Waals surface area contributed by atoms with E-state index in [1.807, 2.05) is 0 Å². The Hall–Kier alpha value is -0.230. The van der Waals surface area contributed by atoms with Crippen LogP contribution >= 0.6 is 11.8 Å². The van der Waals surface area contributed by atoms with E-state index < -0.39 is 36.5 Å². The van der Waals surface area contributed by atoms with Gasteiger partial charge in [-0.2, -0.15) is 5.06 Å². The van der Waals surface area contributed by atoms with Crippen LogP contribution in [0.5, 0.6) is 0 Å². The molecule has 5 rings (SSSR count). The summed E-state index contributed by atoms with van der Waals surface area (Å²) in [6.07, 6.45) is 15.4. The molecule has 9 heteroatoms. The molecule has 1 aliphatic heterocycles. The molecule has 1 heterocycles. The van der Waals surface area contributed by atoms with Crippen molar-refractivity contribution in [3.63, 3.8) is 0 Å². The number of hydrogen-bond acceptors (Lipinski definition) is 9. The first-order valence-electron chi connectivity index (χ1n) is 20.0. The first-order chi connectivity index (χ1) is 23.4. The zero-order valence-electron chi connectivity index (χ0n) is 31.3. The smallest absolute Gasteiger partial charge is 0.132 e. The lowest BCUT2D eigenvalue weighted by atomic mass is 9.48. The fourth-order valence-electron chi connectivity index (χ4n) is 10.8. The quantitative estimate of drug-likeness (QED) is 0.0630. The van der Waals surface area contributed by atoms with Crippen LogP contribution in [-0.2, 0) is 9.47 Å². The molecule has 0 aromatic heterocycles. The largest absolute Gasteiger partial charge is 0.394 e. The zero-order chi connectivity index (χ0) is 35.3. The molecule has 4 aliphatic carbocycles. The van der Waals surface area contributed by atoms with E-state index in [2.05, 4.69) is 40.7 Å². The molecular weight excluding hydrogens is 639 g/mol. The first kappa shape index (κ1) is 40.0. The summed E-state index contributed by atoms with van der Waals surface area (Å²) >= 11 is 1.32. The standard InChI is InChI=1S/C40H71NO7S/c1-26(2)10-8-11-27(3)28-22-33-31-13-12-29-23-30(14-17-40(29,5)32(31)15-16-39(33,4)24-28)47-20-7-6-18-41(46)19-9-21-49-38-37(45)36(44)35(43)34(25-42)48-38/h12,26-28,30-38,42-46H,6-11,13-25H2,1-5H3/t27?,28?,30?,31-,32+,33+,34?,35?,36?,37?,38?,39-,40+/m1/s1. The highest BCUT2D eigenvalue weighted by Gasteiger charge is 2.58. The predicted molar refractivity (Wildman–Crippen MR) is 196 cm³/mol. The van der Waals surface area contributed by atoms with Crippen LogP contribution in [0.15, 0.2) is 11.6 Å². The average Bonchev–Trinajstić information content (AvgIpc) is 3.44. The van der Waals surface area contributed by atoms with Gasteiger partial charge in [0.05, 0.1) is 12.7 Å². The molecule has 5 N–H and O–H groups in total. The second-order valence-corrected chi connectivity index (χ2v) is 19.0. The van der Waals surface area contributed by atoms with E-state index in [4.69, 9.17) is 9.47 Å². The summed E-state index contributed by atoms with van der Waals surface area (Å²) in [7, 11) is 0. The molecule has 0 aromatic rings. The molecule has 13 atom stereocenters. The van der Waals surface area contributed by atoms with Crippen molar-refractivity contribution in [3.05, 3.63) is 11.6 Å². The van der Waals surface area contributed by atoms with Crippen LogP contribution in [0.2, 0.25) is 0 Å². The van der Waals surface area contributed by atoms with Gasteiger partial charge in [0.1, 0.15) is 29.9 Å². The van der Waals surface area contributed by atoms with Crippen LogP contribution in [0.1, 0.15) is 125 Å². The summed E-state index contributed by atoms with van der Waals surface area (Å²) in [5.41, 5.74) is 1.87. The minimum absolute atomic E-state index is 0.317. The molecule has 0 spiro atoms. The number of aliphatic hydroxyl groups is 4. The molecule has 284 valence electrons. The van der Waals surface area contributed by atoms with Gasteiger partial charge >= 0.3 is 0 Å². The zero-order valence-corrected chi connectivity index (χ0v) is 32.2. The molecule has 0 bridgehead atoms. The maximum absolute atomic E-state index is 10.4. The minimum Gasteiger partial charge on any atom is -0.394 e. The Morgan fingerprint density at radius 3 is 2.49 bits per heavy atom. The molecule has 8 nitrogen and oxygen atoms in total. The number of allylic oxidation sites excluding steroid dienone is 1. The molecular formula is C40H71NO7S. The summed E-state index contributed by atoms with van der Waals surface area (Å²) in [5.74, 6) is 5.84. The summed E-state index contributed by atoms with van der Waals surface area (Å²) in [6.45, 7) is 13.9. The average molecular weight is 710 g/mol. The number of rotatable bonds is 17. The van der Waals surface area contributed by atoms with Gasteiger partial charge in [0.2, 0.25) is 0 Å². The number of ether oxygens (including phenoxy) is 2. The Balaban J connectivity index is 0.986. The second kappa shape index (κ2) is 17.7. The molecule has 0 aromatic carbocycles. The van der Waals surface area contributed by atoms with E-state index in [1.54, 1.807) is 5.57 Å². The molecule has 5 aliphatic rings. The van der Waals surface area contributed by atoms with Crippen LogP contribution in [0.25, 0.3) is 0 Å². The van der Waals surface area contributed by atoms with E-state index in [0.717, 1.165) is 67.8 Å². The van der Waals surface area contributed by atoms with Gasteiger partial charge in [-0.1, -0.05) is 65.5 Å². The maximum Gasteiger partial charge on any atom is 0.132 e. The van der Waals surface area contributed by atoms with Crippen molar-refractivity contribution in [2.24, 2.45) is 46.3 Å². The van der Waals surface area contributed by atoms with Crippen LogP contribution in [0, 0.1) is 46.3 Å². The van der Waals surface area contributed by atoms with Gasteiger partial charge in [-0.3, -0.25) is 0 Å². The monoisotopic (exact) mass is 709 g/mol. The summed E-state index contributed by atoms with van der Waals surface area (Å²) in [6, 6.07) is 0. The van der Waals surface area contributed by atoms with Gasteiger partial charge in [-0.05, 0) is 123 Å². The third-order valence-electron chi connectivity index (χ3n) is 14.0. The van der Waals surface area contributed by atoms with Crippen LogP contribution in [0.4, 0.5) is 0 Å². The number of unbranched alkanes of at least 4 members (excludes halogenated alkanes) is 1. The fraction of sp³-hybridized carbons (Fsp3) is 0.950. The Bertz CT molecular complexity index is 1060. The molecule has 8 unspecified atom stereocenters. The normalized spacial score (nSPS) is 41.3. The van der Waals surface area contributed by atoms with Gasteiger partial charge in [0.15, 0.2) is 0 Å². The van der Waals surface area contributed by atoms with Gasteiger partial charge < -0.3 is 35.1 Å². The van der Waals surface area contributed by atoms with Gasteiger partial charge in [0, 0.05) is 19.7 Å². The number of nitrogens with zero attached hydrogens (tertiary/aromatic N) is 1. The van der Waals surface area contributed by atoms with Crippen LogP contribution in [-0.4, -0.2) is 98.7 Å². The first-order valence-corrected chi connectivity index (χ1v) is 21.1. The Kier molecular flexibility index (Phi) is 14.5. The third kappa shape index (κ3) is 9.48. The summed E-state index contributed by atoms with van der Waals surface area (Å²) in [5, 5.41) is 51.1. The van der Waals surface area contributed by atoms with Crippen LogP contribution < -0.4 is 0 Å². The van der Waals surface area contributed by atoms with Gasteiger partial charge in [-0.15, -0.1) is 11.8 Å². The predicted octanol–water partition coefficient (Wildman–Crippen LogP) is 6.81. The Morgan fingerprint density at radius 1 is 0.959 bits per heavy atom. The number of hydrogen-bond donors (Lipinski definition) is 5. The maximum atomic E-state index is 10.4. The molecule has 0 radical (unpaired) electrons. The highest BCUT2D eigenvalue weighted by atomic mass is 32.2. The number of hydroxylamine groups is 2. The van der Waals surface area contributed by atoms with E-state index in [1.165, 1.54) is 74.6 Å². The minimum atomic E-state index is -1.35. The van der Waals surface area contributed by atoms with Crippen molar-refractivity contribution < 1.29 is 35.1 Å². The molecule has 1 saturated heterocycles. The topological polar surface area (TPSA) is 123 Å². The van der Waals surface area contributed by atoms with Crippen molar-refractivity contribution in [2.75, 3.05) is 32.1 Å². The molecule has 49 heavy (non-hydrogen) atoms. The van der Waals surface area contributed by atoms with Crippen molar-refractivity contribution in [1.82, 2.24) is 5.06 Å². The Labute approximate surface area is 301 Å². The molecule has 3 saturated carbocycles. The van der Waals surface area contributed by atoms with Crippen molar-refractivity contribution in [3.8, 4) is 0 Å². The number of aliphatic hydroxyl groups excluding tert-OH is 4. The van der Waals surface area contributed by atoms with Crippen LogP contribution in [0.3, 0.4) is 0 Å². The number of thioether (sulfide) groups is 1. The van der Waals surface area contributed by atoms with Gasteiger partial charge in [-0.25, -0.2) is 0 Å². The second-order valence-electron chi connectivity index (χ2n) is 17.8. The lowest BCUT2D eigenvalue weighted by molar-refractivity contribution is -0.205. The number of fused-ring (bicyclic) bond motifs is 5. The summed E-state index contributed by atoms with van der Waals surface area (Å²) in [4.78, 5) is 0. The van der Waals surface area contributed by atoms with Crippen molar-refractivity contribution >= 4 is 11.8 Å². The highest BCUT2D eigenvalue weighted by Crippen LogP contribution is 2.66. The Morgan fingerprint density at radius 2 is 1.73 bits per heavy atom. The van der Waals surface area contributed by atoms with E-state index >= 15 is 0 Å².